The number of hydrogen-bond acceptors (Lipinski definition) is 2. The largest absolute Gasteiger partial charge is 0.311 e. The first-order valence-electron chi connectivity index (χ1n) is 6.43. The van der Waals surface area contributed by atoms with Crippen molar-refractivity contribution in [3.8, 4) is 0 Å². The molecule has 0 bridgehead atoms. The van der Waals surface area contributed by atoms with Crippen molar-refractivity contribution in [2.24, 2.45) is 0 Å². The van der Waals surface area contributed by atoms with Crippen LogP contribution in [0.1, 0.15) is 18.4 Å². The lowest BCUT2D eigenvalue weighted by atomic mass is 10.0. The second-order valence-corrected chi connectivity index (χ2v) is 5.09. The third-order valence-corrected chi connectivity index (χ3v) is 3.92. The highest BCUT2D eigenvalue weighted by Crippen LogP contribution is 2.20. The van der Waals surface area contributed by atoms with Gasteiger partial charge in [-0.1, -0.05) is 30.3 Å². The van der Waals surface area contributed by atoms with E-state index in [4.69, 9.17) is 0 Å². The molecule has 2 fully saturated rings. The van der Waals surface area contributed by atoms with Gasteiger partial charge in [0.1, 0.15) is 0 Å². The van der Waals surface area contributed by atoms with Gasteiger partial charge in [-0.05, 0) is 31.4 Å². The minimum Gasteiger partial charge on any atom is -0.311 e. The van der Waals surface area contributed by atoms with Crippen molar-refractivity contribution in [3.05, 3.63) is 35.9 Å². The molecule has 1 aromatic rings. The molecule has 0 aromatic heterocycles. The molecule has 0 saturated carbocycles. The normalized spacial score (nSPS) is 30.2. The number of rotatable bonds is 2. The summed E-state index contributed by atoms with van der Waals surface area (Å²) in [6.45, 7) is 3.74. The van der Waals surface area contributed by atoms with E-state index >= 15 is 0 Å². The van der Waals surface area contributed by atoms with Gasteiger partial charge in [0.15, 0.2) is 0 Å². The van der Waals surface area contributed by atoms with Crippen LogP contribution in [0.3, 0.4) is 0 Å². The molecule has 0 radical (unpaired) electrons. The lowest BCUT2D eigenvalue weighted by molar-refractivity contribution is 0.172. The van der Waals surface area contributed by atoms with Crippen LogP contribution >= 0.6 is 0 Å². The molecule has 1 N–H and O–H groups in total. The second kappa shape index (κ2) is 4.56. The van der Waals surface area contributed by atoms with Gasteiger partial charge < -0.3 is 5.32 Å². The standard InChI is InChI=1S/C14H20N2/c1-2-5-12(6-3-1)9-13-11-16-8-4-7-14(16)10-15-13/h1-3,5-6,13-15H,4,7-11H2/t13-,14-/m0/s1. The smallest absolute Gasteiger partial charge is 0.0236 e. The molecule has 3 rings (SSSR count). The van der Waals surface area contributed by atoms with Crippen molar-refractivity contribution < 1.29 is 0 Å². The third-order valence-electron chi connectivity index (χ3n) is 3.92. The van der Waals surface area contributed by atoms with E-state index in [1.807, 2.05) is 0 Å². The second-order valence-electron chi connectivity index (χ2n) is 5.09. The number of hydrogen-bond donors (Lipinski definition) is 1. The van der Waals surface area contributed by atoms with Crippen molar-refractivity contribution in [3.63, 3.8) is 0 Å². The van der Waals surface area contributed by atoms with Gasteiger partial charge in [0.05, 0.1) is 0 Å². The van der Waals surface area contributed by atoms with Crippen LogP contribution in [-0.2, 0) is 6.42 Å². The summed E-state index contributed by atoms with van der Waals surface area (Å²) < 4.78 is 0. The van der Waals surface area contributed by atoms with E-state index in [1.54, 1.807) is 0 Å². The van der Waals surface area contributed by atoms with Gasteiger partial charge in [0.25, 0.3) is 0 Å². The molecule has 2 heterocycles. The number of nitrogens with zero attached hydrogens (tertiary/aromatic N) is 1. The summed E-state index contributed by atoms with van der Waals surface area (Å²) >= 11 is 0. The Labute approximate surface area is 97.6 Å². The van der Waals surface area contributed by atoms with Crippen LogP contribution in [0.2, 0.25) is 0 Å². The zero-order valence-corrected chi connectivity index (χ0v) is 9.73. The highest BCUT2D eigenvalue weighted by Gasteiger charge is 2.30. The Kier molecular flexibility index (Phi) is 2.94. The number of nitrogens with one attached hydrogen (secondary N) is 1. The molecule has 86 valence electrons. The van der Waals surface area contributed by atoms with E-state index in [0.717, 1.165) is 6.04 Å². The third kappa shape index (κ3) is 2.13. The molecule has 16 heavy (non-hydrogen) atoms. The summed E-state index contributed by atoms with van der Waals surface area (Å²) in [5.41, 5.74) is 1.46. The van der Waals surface area contributed by atoms with Gasteiger partial charge in [-0.15, -0.1) is 0 Å². The maximum Gasteiger partial charge on any atom is 0.0236 e. The van der Waals surface area contributed by atoms with Gasteiger partial charge in [0, 0.05) is 25.2 Å². The predicted octanol–water partition coefficient (Wildman–Crippen LogP) is 1.67. The predicted molar refractivity (Wildman–Crippen MR) is 66.5 cm³/mol. The minimum atomic E-state index is 0.650. The van der Waals surface area contributed by atoms with E-state index in [-0.39, 0.29) is 0 Å². The van der Waals surface area contributed by atoms with Crippen molar-refractivity contribution in [1.29, 1.82) is 0 Å². The summed E-state index contributed by atoms with van der Waals surface area (Å²) in [5.74, 6) is 0. The van der Waals surface area contributed by atoms with Crippen LogP contribution in [0, 0.1) is 0 Å². The highest BCUT2D eigenvalue weighted by atomic mass is 15.2. The van der Waals surface area contributed by atoms with Crippen LogP contribution in [0.5, 0.6) is 0 Å². The van der Waals surface area contributed by atoms with E-state index in [1.165, 1.54) is 44.5 Å². The molecule has 0 spiro atoms. The van der Waals surface area contributed by atoms with E-state index in [2.05, 4.69) is 40.5 Å². The Morgan fingerprint density at radius 2 is 2.12 bits per heavy atom. The molecule has 1 aromatic carbocycles. The molecule has 0 unspecified atom stereocenters. The van der Waals surface area contributed by atoms with Crippen molar-refractivity contribution in [2.45, 2.75) is 31.3 Å². The van der Waals surface area contributed by atoms with Crippen molar-refractivity contribution in [1.82, 2.24) is 10.2 Å². The molecule has 0 aliphatic carbocycles. The molecule has 0 amide bonds. The van der Waals surface area contributed by atoms with Crippen LogP contribution in [-0.4, -0.2) is 36.6 Å². The molecule has 2 aliphatic rings. The first-order valence-corrected chi connectivity index (χ1v) is 6.43. The zero-order valence-electron chi connectivity index (χ0n) is 9.73. The Morgan fingerprint density at radius 3 is 3.00 bits per heavy atom. The number of piperazine rings is 1. The molecular weight excluding hydrogens is 196 g/mol. The van der Waals surface area contributed by atoms with Gasteiger partial charge in [-0.3, -0.25) is 4.90 Å². The zero-order chi connectivity index (χ0) is 10.8. The van der Waals surface area contributed by atoms with Gasteiger partial charge in [0.2, 0.25) is 0 Å². The van der Waals surface area contributed by atoms with Crippen molar-refractivity contribution >= 4 is 0 Å². The first kappa shape index (κ1) is 10.3. The topological polar surface area (TPSA) is 15.3 Å². The van der Waals surface area contributed by atoms with Crippen LogP contribution in [0.25, 0.3) is 0 Å². The fraction of sp³-hybridized carbons (Fsp3) is 0.571. The Balaban J connectivity index is 1.60. The average molecular weight is 216 g/mol. The van der Waals surface area contributed by atoms with Gasteiger partial charge in [-0.2, -0.15) is 0 Å². The Morgan fingerprint density at radius 1 is 1.25 bits per heavy atom. The summed E-state index contributed by atoms with van der Waals surface area (Å²) in [6, 6.07) is 12.3. The van der Waals surface area contributed by atoms with E-state index in [0.29, 0.717) is 6.04 Å². The Bertz CT molecular complexity index is 336. The summed E-state index contributed by atoms with van der Waals surface area (Å²) in [7, 11) is 0. The van der Waals surface area contributed by atoms with Crippen molar-refractivity contribution in [2.75, 3.05) is 19.6 Å². The average Bonchev–Trinajstić information content (AvgIpc) is 2.77. The van der Waals surface area contributed by atoms with E-state index < -0.39 is 0 Å². The molecular formula is C14H20N2. The van der Waals surface area contributed by atoms with Crippen LogP contribution < -0.4 is 5.32 Å². The fourth-order valence-electron chi connectivity index (χ4n) is 3.05. The lowest BCUT2D eigenvalue weighted by Crippen LogP contribution is -2.54. The molecule has 2 atom stereocenters. The lowest BCUT2D eigenvalue weighted by Gasteiger charge is -2.36. The molecule has 2 saturated heterocycles. The fourth-order valence-corrected chi connectivity index (χ4v) is 3.05. The molecule has 2 nitrogen and oxygen atoms in total. The monoisotopic (exact) mass is 216 g/mol. The molecule has 2 aliphatic heterocycles. The number of benzene rings is 1. The van der Waals surface area contributed by atoms with Gasteiger partial charge >= 0.3 is 0 Å². The Hall–Kier alpha value is -0.860. The SMILES string of the molecule is c1ccc(C[C@H]2CN3CCC[C@H]3CN2)cc1. The number of fused-ring (bicyclic) bond motifs is 1. The summed E-state index contributed by atoms with van der Waals surface area (Å²) in [5, 5.41) is 3.70. The summed E-state index contributed by atoms with van der Waals surface area (Å²) in [4.78, 5) is 2.67. The van der Waals surface area contributed by atoms with E-state index in [9.17, 15) is 0 Å². The quantitative estimate of drug-likeness (QED) is 0.809. The first-order chi connectivity index (χ1) is 7.92. The van der Waals surface area contributed by atoms with Gasteiger partial charge in [-0.25, -0.2) is 0 Å². The highest BCUT2D eigenvalue weighted by molar-refractivity contribution is 5.16. The maximum absolute atomic E-state index is 3.70. The summed E-state index contributed by atoms with van der Waals surface area (Å²) in [6.07, 6.45) is 3.96. The van der Waals surface area contributed by atoms with Crippen LogP contribution in [0.4, 0.5) is 0 Å². The maximum atomic E-state index is 3.70. The van der Waals surface area contributed by atoms with Crippen LogP contribution in [0.15, 0.2) is 30.3 Å². The minimum absolute atomic E-state index is 0.650. The molecule has 2 heteroatoms.